The third kappa shape index (κ3) is 10.1. The van der Waals surface area contributed by atoms with Gasteiger partial charge in [-0.2, -0.15) is 0 Å². The molecule has 0 bridgehead atoms. The molecule has 1 amide bonds. The molecule has 4 atom stereocenters. The predicted molar refractivity (Wildman–Crippen MR) is 178 cm³/mol. The summed E-state index contributed by atoms with van der Waals surface area (Å²) in [6.45, 7) is 14.4. The zero-order valence-corrected chi connectivity index (χ0v) is 28.2. The summed E-state index contributed by atoms with van der Waals surface area (Å²) in [5, 5.41) is 6.54. The Bertz CT molecular complexity index is 1190. The second kappa shape index (κ2) is 17.3. The lowest BCUT2D eigenvalue weighted by Crippen LogP contribution is -2.50. The van der Waals surface area contributed by atoms with Crippen molar-refractivity contribution in [3.05, 3.63) is 59.2 Å². The van der Waals surface area contributed by atoms with E-state index in [1.54, 1.807) is 14.2 Å². The summed E-state index contributed by atoms with van der Waals surface area (Å²) in [7, 11) is 3.45. The van der Waals surface area contributed by atoms with Crippen LogP contribution in [0.3, 0.4) is 0 Å². The molecule has 45 heavy (non-hydrogen) atoms. The molecule has 1 fully saturated rings. The van der Waals surface area contributed by atoms with Gasteiger partial charge in [0.25, 0.3) is 0 Å². The van der Waals surface area contributed by atoms with E-state index < -0.39 is 5.41 Å². The summed E-state index contributed by atoms with van der Waals surface area (Å²) in [5.41, 5.74) is 4.18. The number of carbonyl (C=O) groups is 1. The molecule has 0 saturated carbocycles. The van der Waals surface area contributed by atoms with Gasteiger partial charge in [0, 0.05) is 57.8 Å². The monoisotopic (exact) mass is 625 g/mol. The van der Waals surface area contributed by atoms with E-state index in [9.17, 15) is 4.79 Å². The fourth-order valence-corrected chi connectivity index (χ4v) is 6.47. The van der Waals surface area contributed by atoms with Gasteiger partial charge in [0.2, 0.25) is 5.91 Å². The van der Waals surface area contributed by atoms with Crippen molar-refractivity contribution in [2.24, 2.45) is 5.41 Å². The third-order valence-corrected chi connectivity index (χ3v) is 8.90. The number of fused-ring (bicyclic) bond motifs is 1. The first-order valence-corrected chi connectivity index (χ1v) is 16.6. The first kappa shape index (κ1) is 35.2. The highest BCUT2D eigenvalue weighted by Gasteiger charge is 2.37. The smallest absolute Gasteiger partial charge is 0.225 e. The van der Waals surface area contributed by atoms with E-state index in [1.807, 2.05) is 27.7 Å². The zero-order valence-electron chi connectivity index (χ0n) is 28.2. The lowest BCUT2D eigenvalue weighted by molar-refractivity contribution is -0.129. The largest absolute Gasteiger partial charge is 0.490 e. The molecule has 1 saturated heterocycles. The Morgan fingerprint density at radius 2 is 1.93 bits per heavy atom. The molecule has 0 spiro atoms. The number of ether oxygens (including phenoxy) is 5. The number of rotatable bonds is 17. The van der Waals surface area contributed by atoms with Gasteiger partial charge in [0.15, 0.2) is 0 Å². The molecule has 2 N–H and O–H groups in total. The van der Waals surface area contributed by atoms with E-state index >= 15 is 0 Å². The Hall–Kier alpha value is -2.69. The summed E-state index contributed by atoms with van der Waals surface area (Å²) in [6.07, 6.45) is 2.69. The molecule has 2 aromatic rings. The minimum absolute atomic E-state index is 0.0106. The van der Waals surface area contributed by atoms with E-state index in [0.29, 0.717) is 33.0 Å². The summed E-state index contributed by atoms with van der Waals surface area (Å²) in [5.74, 6) is 1.18. The topological polar surface area (TPSA) is 90.5 Å². The van der Waals surface area contributed by atoms with Gasteiger partial charge in [-0.15, -0.1) is 0 Å². The number of piperidine rings is 1. The first-order chi connectivity index (χ1) is 21.7. The molecule has 2 aliphatic rings. The van der Waals surface area contributed by atoms with Gasteiger partial charge in [0.1, 0.15) is 12.4 Å². The van der Waals surface area contributed by atoms with Gasteiger partial charge in [-0.3, -0.25) is 4.79 Å². The van der Waals surface area contributed by atoms with E-state index in [4.69, 9.17) is 23.7 Å². The standard InChI is InChI=1S/C36H55N3O6/c1-7-43-26(2)23-42-24-27-9-12-29(13-10-27)31-20-30(21-36(3,4)35(40)37-5)38-22-34(31)45-25-28-11-14-33-32(19-28)39(16-18-44-33)15-8-17-41-6/h9-14,19,26,30-31,34,38H,7-8,15-18,20-25H2,1-6H3,(H,37,40)/t26-,30+,31-,34+/m1/s1. The van der Waals surface area contributed by atoms with Crippen LogP contribution < -0.4 is 20.3 Å². The molecule has 9 heteroatoms. The van der Waals surface area contributed by atoms with E-state index in [1.165, 1.54) is 5.56 Å². The second-order valence-electron chi connectivity index (χ2n) is 13.0. The molecular weight excluding hydrogens is 570 g/mol. The van der Waals surface area contributed by atoms with E-state index in [0.717, 1.165) is 68.1 Å². The van der Waals surface area contributed by atoms with Crippen LogP contribution in [0, 0.1) is 5.41 Å². The third-order valence-electron chi connectivity index (χ3n) is 8.90. The Morgan fingerprint density at radius 1 is 1.16 bits per heavy atom. The number of hydrogen-bond donors (Lipinski definition) is 2. The van der Waals surface area contributed by atoms with Crippen molar-refractivity contribution in [3.8, 4) is 5.75 Å². The van der Waals surface area contributed by atoms with E-state index in [2.05, 4.69) is 58.0 Å². The Kier molecular flexibility index (Phi) is 13.5. The number of carbonyl (C=O) groups excluding carboxylic acids is 1. The van der Waals surface area contributed by atoms with Crippen molar-refractivity contribution in [2.75, 3.05) is 65.1 Å². The average Bonchev–Trinajstić information content (AvgIpc) is 3.04. The van der Waals surface area contributed by atoms with Gasteiger partial charge in [-0.1, -0.05) is 44.2 Å². The van der Waals surface area contributed by atoms with Crippen molar-refractivity contribution in [2.45, 2.75) is 84.3 Å². The normalized spacial score (nSPS) is 20.8. The van der Waals surface area contributed by atoms with Crippen molar-refractivity contribution >= 4 is 11.6 Å². The SMILES string of the molecule is CCO[C@H](C)COCc1ccc([C@H]2C[C@@H](CC(C)(C)C(=O)NC)NC[C@@H]2OCc2ccc3c(c2)N(CCCOC)CCO3)cc1. The maximum atomic E-state index is 12.6. The van der Waals surface area contributed by atoms with Crippen molar-refractivity contribution < 1.29 is 28.5 Å². The molecule has 0 aromatic heterocycles. The highest BCUT2D eigenvalue weighted by atomic mass is 16.5. The number of hydrogen-bond acceptors (Lipinski definition) is 8. The molecule has 2 heterocycles. The number of anilines is 1. The number of nitrogens with zero attached hydrogens (tertiary/aromatic N) is 1. The highest BCUT2D eigenvalue weighted by molar-refractivity contribution is 5.81. The minimum atomic E-state index is -0.467. The zero-order chi connectivity index (χ0) is 32.2. The summed E-state index contributed by atoms with van der Waals surface area (Å²) < 4.78 is 29.4. The molecular formula is C36H55N3O6. The summed E-state index contributed by atoms with van der Waals surface area (Å²) >= 11 is 0. The van der Waals surface area contributed by atoms with Gasteiger partial charge in [-0.05, 0) is 61.9 Å². The Balaban J connectivity index is 1.45. The van der Waals surface area contributed by atoms with Crippen LogP contribution in [-0.4, -0.2) is 84.4 Å². The quantitative estimate of drug-likeness (QED) is 0.236. The maximum Gasteiger partial charge on any atom is 0.225 e. The molecule has 2 aliphatic heterocycles. The van der Waals surface area contributed by atoms with E-state index in [-0.39, 0.29) is 30.1 Å². The van der Waals surface area contributed by atoms with Crippen LogP contribution in [0.4, 0.5) is 5.69 Å². The lowest BCUT2D eigenvalue weighted by atomic mass is 9.77. The molecule has 0 unspecified atom stereocenters. The predicted octanol–water partition coefficient (Wildman–Crippen LogP) is 5.06. The number of benzene rings is 2. The molecule has 2 aromatic carbocycles. The number of methoxy groups -OCH3 is 1. The van der Waals surface area contributed by atoms with Crippen LogP contribution in [-0.2, 0) is 37.0 Å². The van der Waals surface area contributed by atoms with Crippen LogP contribution in [0.1, 0.15) is 69.6 Å². The van der Waals surface area contributed by atoms with Gasteiger partial charge in [0.05, 0.1) is 44.3 Å². The maximum absolute atomic E-state index is 12.6. The Labute approximate surface area is 270 Å². The molecule has 9 nitrogen and oxygen atoms in total. The second-order valence-corrected chi connectivity index (χ2v) is 13.0. The Morgan fingerprint density at radius 3 is 2.67 bits per heavy atom. The van der Waals surface area contributed by atoms with Crippen LogP contribution in [0.15, 0.2) is 42.5 Å². The van der Waals surface area contributed by atoms with Gasteiger partial charge < -0.3 is 39.2 Å². The fourth-order valence-electron chi connectivity index (χ4n) is 6.47. The lowest BCUT2D eigenvalue weighted by Gasteiger charge is -2.40. The first-order valence-electron chi connectivity index (χ1n) is 16.6. The van der Waals surface area contributed by atoms with Crippen molar-refractivity contribution in [1.29, 1.82) is 0 Å². The molecule has 0 radical (unpaired) electrons. The molecule has 250 valence electrons. The number of amides is 1. The van der Waals surface area contributed by atoms with Gasteiger partial charge >= 0.3 is 0 Å². The van der Waals surface area contributed by atoms with Crippen molar-refractivity contribution in [3.63, 3.8) is 0 Å². The number of nitrogens with one attached hydrogen (secondary N) is 2. The summed E-state index contributed by atoms with van der Waals surface area (Å²) in [4.78, 5) is 15.0. The minimum Gasteiger partial charge on any atom is -0.490 e. The highest BCUT2D eigenvalue weighted by Crippen LogP contribution is 2.36. The molecule has 4 rings (SSSR count). The average molecular weight is 626 g/mol. The summed E-state index contributed by atoms with van der Waals surface area (Å²) in [6, 6.07) is 15.3. The van der Waals surface area contributed by atoms with Crippen molar-refractivity contribution in [1.82, 2.24) is 10.6 Å². The van der Waals surface area contributed by atoms with Crippen LogP contribution in [0.25, 0.3) is 0 Å². The van der Waals surface area contributed by atoms with Crippen LogP contribution in [0.2, 0.25) is 0 Å². The van der Waals surface area contributed by atoms with Gasteiger partial charge in [-0.25, -0.2) is 0 Å². The molecule has 0 aliphatic carbocycles. The fraction of sp³-hybridized carbons (Fsp3) is 0.639. The van der Waals surface area contributed by atoms with Crippen LogP contribution >= 0.6 is 0 Å². The van der Waals surface area contributed by atoms with Crippen LogP contribution in [0.5, 0.6) is 5.75 Å².